The van der Waals surface area contributed by atoms with E-state index in [1.165, 1.54) is 12.0 Å². The Labute approximate surface area is 106 Å². The van der Waals surface area contributed by atoms with E-state index in [9.17, 15) is 0 Å². The fourth-order valence-electron chi connectivity index (χ4n) is 2.13. The minimum Gasteiger partial charge on any atom is -0.326 e. The number of benzene rings is 1. The van der Waals surface area contributed by atoms with E-state index in [0.29, 0.717) is 6.04 Å². The molecular formula is C15H26N2. The van der Waals surface area contributed by atoms with Gasteiger partial charge in [-0.1, -0.05) is 37.3 Å². The maximum absolute atomic E-state index is 6.23. The van der Waals surface area contributed by atoms with E-state index in [4.69, 9.17) is 5.73 Å². The standard InChI is InChI=1S/C15H26N2/c1-4-10-17(13(2)3)12-15(16)11-14-8-6-5-7-9-14/h5-9,13,15H,4,10-12,16H2,1-3H3. The van der Waals surface area contributed by atoms with Crippen molar-refractivity contribution in [3.8, 4) is 0 Å². The van der Waals surface area contributed by atoms with E-state index in [1.807, 2.05) is 6.07 Å². The number of rotatable bonds is 7. The average molecular weight is 234 g/mol. The highest BCUT2D eigenvalue weighted by atomic mass is 15.2. The molecule has 2 nitrogen and oxygen atoms in total. The van der Waals surface area contributed by atoms with Crippen molar-refractivity contribution in [2.45, 2.75) is 45.7 Å². The highest BCUT2D eigenvalue weighted by molar-refractivity contribution is 5.15. The third kappa shape index (κ3) is 5.33. The van der Waals surface area contributed by atoms with Gasteiger partial charge in [0.2, 0.25) is 0 Å². The molecule has 1 aromatic carbocycles. The molecule has 0 saturated carbocycles. The number of nitrogens with two attached hydrogens (primary N) is 1. The smallest absolute Gasteiger partial charge is 0.0208 e. The third-order valence-corrected chi connectivity index (χ3v) is 3.05. The van der Waals surface area contributed by atoms with Gasteiger partial charge in [0.25, 0.3) is 0 Å². The fraction of sp³-hybridized carbons (Fsp3) is 0.600. The van der Waals surface area contributed by atoms with Crippen LogP contribution in [0.5, 0.6) is 0 Å². The van der Waals surface area contributed by atoms with Gasteiger partial charge in [-0.05, 0) is 38.8 Å². The molecule has 17 heavy (non-hydrogen) atoms. The quantitative estimate of drug-likeness (QED) is 0.786. The molecule has 0 aliphatic carbocycles. The first-order valence-corrected chi connectivity index (χ1v) is 6.67. The first kappa shape index (κ1) is 14.2. The van der Waals surface area contributed by atoms with Gasteiger partial charge in [0.1, 0.15) is 0 Å². The van der Waals surface area contributed by atoms with E-state index in [2.05, 4.69) is 49.9 Å². The Morgan fingerprint density at radius 3 is 2.35 bits per heavy atom. The molecular weight excluding hydrogens is 208 g/mol. The molecule has 2 heteroatoms. The van der Waals surface area contributed by atoms with Crippen molar-refractivity contribution in [2.24, 2.45) is 5.73 Å². The molecule has 0 bridgehead atoms. The summed E-state index contributed by atoms with van der Waals surface area (Å²) in [6.45, 7) is 8.83. The molecule has 1 atom stereocenters. The summed E-state index contributed by atoms with van der Waals surface area (Å²) in [4.78, 5) is 2.47. The lowest BCUT2D eigenvalue weighted by molar-refractivity contribution is 0.208. The Kier molecular flexibility index (Phi) is 6.23. The van der Waals surface area contributed by atoms with E-state index >= 15 is 0 Å². The molecule has 1 unspecified atom stereocenters. The van der Waals surface area contributed by atoms with Gasteiger partial charge in [-0.15, -0.1) is 0 Å². The van der Waals surface area contributed by atoms with Crippen LogP contribution in [0.4, 0.5) is 0 Å². The highest BCUT2D eigenvalue weighted by Gasteiger charge is 2.13. The lowest BCUT2D eigenvalue weighted by atomic mass is 10.1. The van der Waals surface area contributed by atoms with Crippen LogP contribution in [-0.4, -0.2) is 30.1 Å². The van der Waals surface area contributed by atoms with Gasteiger partial charge in [0.05, 0.1) is 0 Å². The molecule has 1 aromatic rings. The van der Waals surface area contributed by atoms with Gasteiger partial charge < -0.3 is 5.73 Å². The molecule has 0 amide bonds. The van der Waals surface area contributed by atoms with Crippen LogP contribution in [0, 0.1) is 0 Å². The predicted molar refractivity (Wildman–Crippen MR) is 75.1 cm³/mol. The van der Waals surface area contributed by atoms with Gasteiger partial charge in [0.15, 0.2) is 0 Å². The second-order valence-corrected chi connectivity index (χ2v) is 5.04. The summed E-state index contributed by atoms with van der Waals surface area (Å²) in [7, 11) is 0. The molecule has 0 heterocycles. The predicted octanol–water partition coefficient (Wildman–Crippen LogP) is 2.68. The van der Waals surface area contributed by atoms with Gasteiger partial charge in [-0.2, -0.15) is 0 Å². The van der Waals surface area contributed by atoms with E-state index in [0.717, 1.165) is 19.5 Å². The van der Waals surface area contributed by atoms with Crippen LogP contribution < -0.4 is 5.73 Å². The van der Waals surface area contributed by atoms with E-state index < -0.39 is 0 Å². The van der Waals surface area contributed by atoms with Gasteiger partial charge in [-0.3, -0.25) is 4.90 Å². The summed E-state index contributed by atoms with van der Waals surface area (Å²) in [6.07, 6.45) is 2.16. The fourth-order valence-corrected chi connectivity index (χ4v) is 2.13. The second kappa shape index (κ2) is 7.46. The van der Waals surface area contributed by atoms with Crippen LogP contribution in [0.2, 0.25) is 0 Å². The maximum Gasteiger partial charge on any atom is 0.0208 e. The Morgan fingerprint density at radius 2 is 1.82 bits per heavy atom. The molecule has 0 saturated heterocycles. The van der Waals surface area contributed by atoms with Crippen molar-refractivity contribution in [1.29, 1.82) is 0 Å². The van der Waals surface area contributed by atoms with Crippen molar-refractivity contribution in [3.05, 3.63) is 35.9 Å². The first-order chi connectivity index (χ1) is 8.13. The molecule has 0 spiro atoms. The van der Waals surface area contributed by atoms with Crippen molar-refractivity contribution in [1.82, 2.24) is 4.90 Å². The zero-order chi connectivity index (χ0) is 12.7. The topological polar surface area (TPSA) is 29.3 Å². The molecule has 0 aliphatic rings. The Hall–Kier alpha value is -0.860. The average Bonchev–Trinajstić information content (AvgIpc) is 2.29. The summed E-state index contributed by atoms with van der Waals surface area (Å²) in [5.41, 5.74) is 7.57. The van der Waals surface area contributed by atoms with Crippen LogP contribution in [0.15, 0.2) is 30.3 Å². The summed E-state index contributed by atoms with van der Waals surface area (Å²) < 4.78 is 0. The van der Waals surface area contributed by atoms with Gasteiger partial charge in [-0.25, -0.2) is 0 Å². The van der Waals surface area contributed by atoms with Crippen molar-refractivity contribution in [2.75, 3.05) is 13.1 Å². The third-order valence-electron chi connectivity index (χ3n) is 3.05. The summed E-state index contributed by atoms with van der Waals surface area (Å²) >= 11 is 0. The van der Waals surface area contributed by atoms with Crippen LogP contribution in [-0.2, 0) is 6.42 Å². The monoisotopic (exact) mass is 234 g/mol. The zero-order valence-electron chi connectivity index (χ0n) is 11.4. The minimum atomic E-state index is 0.228. The van der Waals surface area contributed by atoms with E-state index in [1.54, 1.807) is 0 Å². The summed E-state index contributed by atoms with van der Waals surface area (Å²) in [5.74, 6) is 0. The van der Waals surface area contributed by atoms with Gasteiger partial charge >= 0.3 is 0 Å². The SMILES string of the molecule is CCCN(CC(N)Cc1ccccc1)C(C)C. The molecule has 0 radical (unpaired) electrons. The Balaban J connectivity index is 2.44. The van der Waals surface area contributed by atoms with E-state index in [-0.39, 0.29) is 6.04 Å². The number of nitrogens with zero attached hydrogens (tertiary/aromatic N) is 1. The summed E-state index contributed by atoms with van der Waals surface area (Å²) in [5, 5.41) is 0. The normalized spacial score (nSPS) is 13.3. The Bertz CT molecular complexity index is 295. The molecule has 1 rings (SSSR count). The molecule has 2 N–H and O–H groups in total. The minimum absolute atomic E-state index is 0.228. The van der Waals surface area contributed by atoms with Crippen molar-refractivity contribution >= 4 is 0 Å². The first-order valence-electron chi connectivity index (χ1n) is 6.67. The maximum atomic E-state index is 6.23. The highest BCUT2D eigenvalue weighted by Crippen LogP contribution is 2.06. The lowest BCUT2D eigenvalue weighted by Gasteiger charge is -2.28. The molecule has 0 fully saturated rings. The zero-order valence-corrected chi connectivity index (χ0v) is 11.4. The van der Waals surface area contributed by atoms with Crippen LogP contribution in [0.3, 0.4) is 0 Å². The van der Waals surface area contributed by atoms with Crippen LogP contribution >= 0.6 is 0 Å². The largest absolute Gasteiger partial charge is 0.326 e. The number of hydrogen-bond acceptors (Lipinski definition) is 2. The van der Waals surface area contributed by atoms with Crippen molar-refractivity contribution in [3.63, 3.8) is 0 Å². The van der Waals surface area contributed by atoms with Crippen LogP contribution in [0.1, 0.15) is 32.8 Å². The number of hydrogen-bond donors (Lipinski definition) is 1. The van der Waals surface area contributed by atoms with Crippen molar-refractivity contribution < 1.29 is 0 Å². The molecule has 0 aliphatic heterocycles. The second-order valence-electron chi connectivity index (χ2n) is 5.04. The lowest BCUT2D eigenvalue weighted by Crippen LogP contribution is -2.42. The Morgan fingerprint density at radius 1 is 1.18 bits per heavy atom. The molecule has 0 aromatic heterocycles. The van der Waals surface area contributed by atoms with Gasteiger partial charge in [0, 0.05) is 18.6 Å². The molecule has 96 valence electrons. The summed E-state index contributed by atoms with van der Waals surface area (Å²) in [6, 6.07) is 11.3. The van der Waals surface area contributed by atoms with Crippen LogP contribution in [0.25, 0.3) is 0 Å².